The van der Waals surface area contributed by atoms with Gasteiger partial charge in [0.25, 0.3) is 5.56 Å². The van der Waals surface area contributed by atoms with Crippen LogP contribution in [0.15, 0.2) is 107 Å². The fraction of sp³-hybridized carbons (Fsp3) is 0.161. The molecule has 200 valence electrons. The monoisotopic (exact) mass is 548 g/mol. The molecule has 40 heavy (non-hydrogen) atoms. The van der Waals surface area contributed by atoms with Gasteiger partial charge < -0.3 is 9.72 Å². The molecule has 9 heteroatoms. The number of methoxy groups -OCH3 is 1. The number of nitrogens with zero attached hydrogens (tertiary/aromatic N) is 5. The van der Waals surface area contributed by atoms with Crippen LogP contribution in [0.3, 0.4) is 0 Å². The minimum absolute atomic E-state index is 0.179. The maximum atomic E-state index is 13.8. The lowest BCUT2D eigenvalue weighted by atomic mass is 10.0. The Morgan fingerprint density at radius 3 is 2.42 bits per heavy atom. The molecular weight excluding hydrogens is 520 g/mol. The number of aromatic amines is 1. The highest BCUT2D eigenvalue weighted by molar-refractivity contribution is 7.09. The van der Waals surface area contributed by atoms with E-state index in [1.54, 1.807) is 23.1 Å². The third-order valence-corrected chi connectivity index (χ3v) is 7.75. The molecule has 1 atom stereocenters. The van der Waals surface area contributed by atoms with Crippen molar-refractivity contribution in [3.8, 4) is 5.75 Å². The van der Waals surface area contributed by atoms with Gasteiger partial charge in [-0.05, 0) is 57.3 Å². The fourth-order valence-electron chi connectivity index (χ4n) is 4.97. The average molecular weight is 549 g/mol. The third-order valence-electron chi connectivity index (χ3n) is 6.89. The van der Waals surface area contributed by atoms with Gasteiger partial charge in [0.05, 0.1) is 13.7 Å². The van der Waals surface area contributed by atoms with Gasteiger partial charge in [-0.25, -0.2) is 4.68 Å². The summed E-state index contributed by atoms with van der Waals surface area (Å²) in [4.78, 5) is 20.3. The van der Waals surface area contributed by atoms with Crippen LogP contribution in [0, 0.1) is 0 Å². The van der Waals surface area contributed by atoms with E-state index in [1.807, 2.05) is 78.9 Å². The molecule has 0 radical (unpaired) electrons. The summed E-state index contributed by atoms with van der Waals surface area (Å²) in [7, 11) is 1.64. The van der Waals surface area contributed by atoms with Crippen LogP contribution >= 0.6 is 11.3 Å². The summed E-state index contributed by atoms with van der Waals surface area (Å²) in [6.07, 6.45) is 0. The fourth-order valence-corrected chi connectivity index (χ4v) is 5.70. The van der Waals surface area contributed by atoms with Crippen molar-refractivity contribution in [1.29, 1.82) is 0 Å². The number of thiophene rings is 1. The SMILES string of the molecule is COc1ccc2[nH]c(=O)c([C@@H](c3nnnn3Cc3ccccc3)N(Cc3ccccc3)Cc3cccs3)cc2c1. The number of rotatable bonds is 10. The molecule has 1 N–H and O–H groups in total. The molecule has 0 bridgehead atoms. The summed E-state index contributed by atoms with van der Waals surface area (Å²) in [6, 6.07) is 31.5. The summed E-state index contributed by atoms with van der Waals surface area (Å²) in [5.41, 5.74) is 3.33. The molecule has 8 nitrogen and oxygen atoms in total. The van der Waals surface area contributed by atoms with Crippen LogP contribution in [-0.2, 0) is 19.6 Å². The Balaban J connectivity index is 1.53. The zero-order valence-electron chi connectivity index (χ0n) is 22.0. The van der Waals surface area contributed by atoms with Crippen molar-refractivity contribution < 1.29 is 4.74 Å². The molecular formula is C31H28N6O2S. The van der Waals surface area contributed by atoms with Gasteiger partial charge >= 0.3 is 0 Å². The molecule has 0 amide bonds. The number of aromatic nitrogens is 5. The van der Waals surface area contributed by atoms with Crippen molar-refractivity contribution in [2.24, 2.45) is 0 Å². The van der Waals surface area contributed by atoms with Gasteiger partial charge in [-0.3, -0.25) is 9.69 Å². The van der Waals surface area contributed by atoms with Crippen LogP contribution in [0.25, 0.3) is 10.9 Å². The van der Waals surface area contributed by atoms with E-state index in [2.05, 4.69) is 49.0 Å². The number of nitrogens with one attached hydrogen (secondary N) is 1. The summed E-state index contributed by atoms with van der Waals surface area (Å²) in [6.45, 7) is 1.69. The van der Waals surface area contributed by atoms with E-state index in [0.717, 1.165) is 27.8 Å². The molecule has 0 aliphatic heterocycles. The molecule has 0 unspecified atom stereocenters. The first kappa shape index (κ1) is 25.7. The molecule has 0 saturated heterocycles. The predicted octanol–water partition coefficient (Wildman–Crippen LogP) is 5.42. The Bertz CT molecular complexity index is 1750. The maximum Gasteiger partial charge on any atom is 0.253 e. The van der Waals surface area contributed by atoms with Gasteiger partial charge in [0.15, 0.2) is 5.82 Å². The zero-order chi connectivity index (χ0) is 27.3. The lowest BCUT2D eigenvalue weighted by molar-refractivity contribution is 0.196. The third kappa shape index (κ3) is 5.56. The smallest absolute Gasteiger partial charge is 0.253 e. The maximum absolute atomic E-state index is 13.8. The lowest BCUT2D eigenvalue weighted by Crippen LogP contribution is -2.34. The summed E-state index contributed by atoms with van der Waals surface area (Å²) in [5.74, 6) is 1.32. The van der Waals surface area contributed by atoms with Gasteiger partial charge in [-0.15, -0.1) is 16.4 Å². The largest absolute Gasteiger partial charge is 0.497 e. The predicted molar refractivity (Wildman–Crippen MR) is 156 cm³/mol. The minimum atomic E-state index is -0.527. The van der Waals surface area contributed by atoms with Crippen molar-refractivity contribution in [2.45, 2.75) is 25.7 Å². The van der Waals surface area contributed by atoms with Crippen LogP contribution < -0.4 is 10.3 Å². The first-order chi connectivity index (χ1) is 19.7. The van der Waals surface area contributed by atoms with Crippen molar-refractivity contribution in [1.82, 2.24) is 30.1 Å². The van der Waals surface area contributed by atoms with E-state index >= 15 is 0 Å². The van der Waals surface area contributed by atoms with E-state index in [0.29, 0.717) is 31.0 Å². The number of hydrogen-bond donors (Lipinski definition) is 1. The lowest BCUT2D eigenvalue weighted by Gasteiger charge is -2.31. The van der Waals surface area contributed by atoms with Gasteiger partial charge in [0, 0.05) is 34.4 Å². The minimum Gasteiger partial charge on any atom is -0.497 e. The van der Waals surface area contributed by atoms with Crippen molar-refractivity contribution in [2.75, 3.05) is 7.11 Å². The van der Waals surface area contributed by atoms with Crippen molar-refractivity contribution in [3.05, 3.63) is 140 Å². The van der Waals surface area contributed by atoms with Crippen LogP contribution in [0.4, 0.5) is 0 Å². The van der Waals surface area contributed by atoms with Crippen LogP contribution in [0.5, 0.6) is 5.75 Å². The highest BCUT2D eigenvalue weighted by Crippen LogP contribution is 2.31. The number of fused-ring (bicyclic) bond motifs is 1. The molecule has 3 aromatic carbocycles. The number of H-pyrrole nitrogens is 1. The quantitative estimate of drug-likeness (QED) is 0.246. The second-order valence-electron chi connectivity index (χ2n) is 9.56. The average Bonchev–Trinajstić information content (AvgIpc) is 3.67. The van der Waals surface area contributed by atoms with E-state index in [-0.39, 0.29) is 5.56 Å². The van der Waals surface area contributed by atoms with E-state index in [1.165, 1.54) is 4.88 Å². The number of hydrogen-bond acceptors (Lipinski definition) is 7. The summed E-state index contributed by atoms with van der Waals surface area (Å²) in [5, 5.41) is 15.9. The van der Waals surface area contributed by atoms with E-state index in [9.17, 15) is 4.79 Å². The number of pyridine rings is 1. The number of benzene rings is 3. The van der Waals surface area contributed by atoms with Gasteiger partial charge in [0.1, 0.15) is 11.8 Å². The van der Waals surface area contributed by atoms with Crippen LogP contribution in [-0.4, -0.2) is 37.2 Å². The summed E-state index contributed by atoms with van der Waals surface area (Å²) >= 11 is 1.69. The molecule has 3 aromatic heterocycles. The Kier molecular flexibility index (Phi) is 7.47. The molecule has 6 aromatic rings. The molecule has 6 rings (SSSR count). The molecule has 0 aliphatic rings. The second kappa shape index (κ2) is 11.6. The molecule has 3 heterocycles. The highest BCUT2D eigenvalue weighted by Gasteiger charge is 2.31. The normalized spacial score (nSPS) is 12.2. The van der Waals surface area contributed by atoms with Crippen LogP contribution in [0.1, 0.15) is 33.4 Å². The molecule has 0 spiro atoms. The van der Waals surface area contributed by atoms with E-state index < -0.39 is 6.04 Å². The zero-order valence-corrected chi connectivity index (χ0v) is 22.8. The number of ether oxygens (including phenoxy) is 1. The highest BCUT2D eigenvalue weighted by atomic mass is 32.1. The first-order valence-corrected chi connectivity index (χ1v) is 13.9. The Morgan fingerprint density at radius 1 is 0.925 bits per heavy atom. The van der Waals surface area contributed by atoms with Gasteiger partial charge in [-0.1, -0.05) is 66.7 Å². The first-order valence-electron chi connectivity index (χ1n) is 13.0. The van der Waals surface area contributed by atoms with Crippen molar-refractivity contribution in [3.63, 3.8) is 0 Å². The second-order valence-corrected chi connectivity index (χ2v) is 10.6. The Hall–Kier alpha value is -4.60. The Labute approximate surface area is 235 Å². The molecule has 0 fully saturated rings. The topological polar surface area (TPSA) is 88.9 Å². The molecule has 0 saturated carbocycles. The molecule has 0 aliphatic carbocycles. The number of tetrazole rings is 1. The van der Waals surface area contributed by atoms with E-state index in [4.69, 9.17) is 4.74 Å². The van der Waals surface area contributed by atoms with Crippen LogP contribution in [0.2, 0.25) is 0 Å². The summed E-state index contributed by atoms with van der Waals surface area (Å²) < 4.78 is 7.26. The Morgan fingerprint density at radius 2 is 1.70 bits per heavy atom. The van der Waals surface area contributed by atoms with Crippen molar-refractivity contribution >= 4 is 22.2 Å². The van der Waals surface area contributed by atoms with Gasteiger partial charge in [-0.2, -0.15) is 0 Å². The standard InChI is InChI=1S/C31H28N6O2S/c1-39-25-14-15-28-24(17-25)18-27(31(38)32-28)29(30-33-34-35-37(30)20-23-11-6-3-7-12-23)36(21-26-13-8-16-40-26)19-22-9-4-2-5-10-22/h2-18,29H,19-21H2,1H3,(H,32,38)/t29-/m0/s1. The van der Waals surface area contributed by atoms with Gasteiger partial charge in [0.2, 0.25) is 0 Å².